The van der Waals surface area contributed by atoms with Gasteiger partial charge in [0.2, 0.25) is 5.91 Å². The summed E-state index contributed by atoms with van der Waals surface area (Å²) in [6, 6.07) is 10.4. The average Bonchev–Trinajstić information content (AvgIpc) is 2.80. The Morgan fingerprint density at radius 3 is 2.70 bits per heavy atom. The van der Waals surface area contributed by atoms with Gasteiger partial charge in [-0.2, -0.15) is 0 Å². The first-order valence-corrected chi connectivity index (χ1v) is 11.2. The lowest BCUT2D eigenvalue weighted by atomic mass is 9.82. The van der Waals surface area contributed by atoms with Crippen LogP contribution in [0.4, 0.5) is 0 Å². The number of carbonyl (C=O) groups excluding carboxylic acids is 2. The third-order valence-electron chi connectivity index (χ3n) is 6.44. The molecule has 0 aliphatic carbocycles. The summed E-state index contributed by atoms with van der Waals surface area (Å²) in [5.74, 6) is 0.422. The molecule has 6 nitrogen and oxygen atoms in total. The number of aryl methyl sites for hydroxylation is 1. The zero-order valence-corrected chi connectivity index (χ0v) is 18.9. The molecule has 1 aromatic heterocycles. The summed E-state index contributed by atoms with van der Waals surface area (Å²) in [5, 5.41) is 0.995. The number of halogens is 1. The van der Waals surface area contributed by atoms with E-state index in [1.807, 2.05) is 6.92 Å². The Balaban J connectivity index is 1.29. The van der Waals surface area contributed by atoms with Gasteiger partial charge in [-0.1, -0.05) is 23.7 Å². The van der Waals surface area contributed by atoms with Crippen molar-refractivity contribution in [3.05, 3.63) is 80.7 Å². The second kappa shape index (κ2) is 8.19. The van der Waals surface area contributed by atoms with Crippen molar-refractivity contribution in [2.75, 3.05) is 13.1 Å². The van der Waals surface area contributed by atoms with Crippen LogP contribution in [0.5, 0.6) is 5.75 Å². The number of nitrogens with zero attached hydrogens (tertiary/aromatic N) is 1. The summed E-state index contributed by atoms with van der Waals surface area (Å²) in [6.07, 6.45) is 5.64. The molecule has 3 aromatic rings. The van der Waals surface area contributed by atoms with Gasteiger partial charge in [-0.3, -0.25) is 14.4 Å². The number of ether oxygens (including phenoxy) is 1. The molecule has 2 aromatic carbocycles. The van der Waals surface area contributed by atoms with E-state index in [2.05, 4.69) is 0 Å². The molecule has 1 fully saturated rings. The van der Waals surface area contributed by atoms with Crippen LogP contribution in [0.2, 0.25) is 5.02 Å². The summed E-state index contributed by atoms with van der Waals surface area (Å²) in [4.78, 5) is 39.9. The Morgan fingerprint density at radius 1 is 1.15 bits per heavy atom. The Hall–Kier alpha value is -3.38. The maximum Gasteiger partial charge on any atom is 0.246 e. The predicted molar refractivity (Wildman–Crippen MR) is 126 cm³/mol. The van der Waals surface area contributed by atoms with Gasteiger partial charge in [0.1, 0.15) is 23.2 Å². The highest BCUT2D eigenvalue weighted by atomic mass is 35.5. The molecule has 2 aliphatic heterocycles. The number of para-hydroxylation sites is 1. The maximum absolute atomic E-state index is 12.8. The van der Waals surface area contributed by atoms with Crippen molar-refractivity contribution in [3.8, 4) is 5.75 Å². The van der Waals surface area contributed by atoms with E-state index in [4.69, 9.17) is 20.8 Å². The highest BCUT2D eigenvalue weighted by Gasteiger charge is 2.44. The number of likely N-dealkylation sites (tertiary alicyclic amines) is 1. The van der Waals surface area contributed by atoms with E-state index in [-0.39, 0.29) is 23.5 Å². The number of Topliss-reactive ketones (excluding diaryl/α,β-unsaturated/α-hetero) is 1. The first-order valence-electron chi connectivity index (χ1n) is 10.9. The third-order valence-corrected chi connectivity index (χ3v) is 6.66. The zero-order chi connectivity index (χ0) is 23.2. The molecule has 0 N–H and O–H groups in total. The van der Waals surface area contributed by atoms with E-state index >= 15 is 0 Å². The van der Waals surface area contributed by atoms with Gasteiger partial charge >= 0.3 is 0 Å². The van der Waals surface area contributed by atoms with E-state index in [1.54, 1.807) is 41.3 Å². The summed E-state index contributed by atoms with van der Waals surface area (Å²) in [5.41, 5.74) is 1.40. The lowest BCUT2D eigenvalue weighted by molar-refractivity contribution is -0.129. The molecule has 1 spiro atoms. The second-order valence-electron chi connectivity index (χ2n) is 8.66. The number of hydrogen-bond donors (Lipinski definition) is 0. The number of amides is 1. The molecular formula is C26H22ClNO5. The van der Waals surface area contributed by atoms with Gasteiger partial charge in [0, 0.05) is 37.0 Å². The fourth-order valence-electron chi connectivity index (χ4n) is 4.60. The van der Waals surface area contributed by atoms with Crippen molar-refractivity contribution in [1.82, 2.24) is 4.90 Å². The van der Waals surface area contributed by atoms with E-state index in [0.29, 0.717) is 58.8 Å². The standard InChI is InChI=1S/C26H22ClNO5/c1-16-12-18(27)13-20-21(29)14-26(33-25(16)20)8-10-28(11-9-26)23(30)7-6-17-15-32-22-5-3-2-4-19(22)24(17)31/h2-7,12-13,15H,8-11,14H2,1H3/b7-6+. The van der Waals surface area contributed by atoms with Crippen molar-refractivity contribution in [2.24, 2.45) is 0 Å². The number of fused-ring (bicyclic) bond motifs is 2. The van der Waals surface area contributed by atoms with Crippen molar-refractivity contribution in [1.29, 1.82) is 0 Å². The van der Waals surface area contributed by atoms with Gasteiger partial charge in [0.15, 0.2) is 11.2 Å². The third kappa shape index (κ3) is 3.95. The quantitative estimate of drug-likeness (QED) is 0.510. The number of rotatable bonds is 2. The minimum absolute atomic E-state index is 0.0181. The van der Waals surface area contributed by atoms with Crippen LogP contribution in [0, 0.1) is 6.92 Å². The molecule has 3 heterocycles. The van der Waals surface area contributed by atoms with Crippen LogP contribution in [0.25, 0.3) is 17.0 Å². The van der Waals surface area contributed by atoms with Crippen LogP contribution in [0.1, 0.15) is 40.7 Å². The Labute approximate surface area is 195 Å². The molecule has 0 radical (unpaired) electrons. The highest BCUT2D eigenvalue weighted by molar-refractivity contribution is 6.31. The summed E-state index contributed by atoms with van der Waals surface area (Å²) in [7, 11) is 0. The van der Waals surface area contributed by atoms with Gasteiger partial charge in [-0.25, -0.2) is 0 Å². The summed E-state index contributed by atoms with van der Waals surface area (Å²) >= 11 is 6.11. The van der Waals surface area contributed by atoms with Crippen molar-refractivity contribution < 1.29 is 18.7 Å². The lowest BCUT2D eigenvalue weighted by Gasteiger charge is -2.44. The normalized spacial score (nSPS) is 17.4. The van der Waals surface area contributed by atoms with Crippen LogP contribution in [-0.2, 0) is 4.79 Å². The van der Waals surface area contributed by atoms with Gasteiger partial charge in [-0.15, -0.1) is 0 Å². The van der Waals surface area contributed by atoms with Crippen LogP contribution in [0.15, 0.2) is 57.9 Å². The second-order valence-corrected chi connectivity index (χ2v) is 9.10. The average molecular weight is 464 g/mol. The number of benzene rings is 2. The number of hydrogen-bond acceptors (Lipinski definition) is 5. The molecule has 0 atom stereocenters. The molecule has 33 heavy (non-hydrogen) atoms. The fraction of sp³-hybridized carbons (Fsp3) is 0.269. The van der Waals surface area contributed by atoms with Gasteiger partial charge in [0.25, 0.3) is 0 Å². The molecule has 1 saturated heterocycles. The summed E-state index contributed by atoms with van der Waals surface area (Å²) < 4.78 is 11.8. The Kier molecular flexibility index (Phi) is 5.33. The smallest absolute Gasteiger partial charge is 0.246 e. The molecule has 0 saturated carbocycles. The van der Waals surface area contributed by atoms with E-state index < -0.39 is 5.60 Å². The van der Waals surface area contributed by atoms with Crippen molar-refractivity contribution in [2.45, 2.75) is 31.8 Å². The minimum Gasteiger partial charge on any atom is -0.486 e. The topological polar surface area (TPSA) is 76.8 Å². The number of ketones is 1. The molecule has 0 unspecified atom stereocenters. The van der Waals surface area contributed by atoms with Crippen LogP contribution in [-0.4, -0.2) is 35.3 Å². The SMILES string of the molecule is Cc1cc(Cl)cc2c1OC1(CCN(C(=O)/C=C/c3coc4ccccc4c3=O)CC1)CC2=O. The van der Waals surface area contributed by atoms with Crippen LogP contribution < -0.4 is 10.2 Å². The van der Waals surface area contributed by atoms with Crippen molar-refractivity contribution >= 4 is 40.3 Å². The maximum atomic E-state index is 12.8. The van der Waals surface area contributed by atoms with Gasteiger partial charge in [-0.05, 0) is 42.8 Å². The van der Waals surface area contributed by atoms with Crippen LogP contribution >= 0.6 is 11.6 Å². The van der Waals surface area contributed by atoms with E-state index in [9.17, 15) is 14.4 Å². The monoisotopic (exact) mass is 463 g/mol. The first kappa shape index (κ1) is 21.5. The minimum atomic E-state index is -0.609. The Morgan fingerprint density at radius 2 is 1.91 bits per heavy atom. The largest absolute Gasteiger partial charge is 0.486 e. The highest BCUT2D eigenvalue weighted by Crippen LogP contribution is 2.42. The van der Waals surface area contributed by atoms with Crippen LogP contribution in [0.3, 0.4) is 0 Å². The Bertz CT molecular complexity index is 1360. The molecule has 168 valence electrons. The first-order chi connectivity index (χ1) is 15.8. The number of carbonyl (C=O) groups is 2. The molecule has 2 aliphatic rings. The van der Waals surface area contributed by atoms with E-state index in [1.165, 1.54) is 18.4 Å². The molecule has 0 bridgehead atoms. The molecule has 5 rings (SSSR count). The number of piperidine rings is 1. The lowest BCUT2D eigenvalue weighted by Crippen LogP contribution is -2.52. The summed E-state index contributed by atoms with van der Waals surface area (Å²) in [6.45, 7) is 2.80. The molecular weight excluding hydrogens is 442 g/mol. The zero-order valence-electron chi connectivity index (χ0n) is 18.1. The predicted octanol–water partition coefficient (Wildman–Crippen LogP) is 4.79. The molecule has 7 heteroatoms. The van der Waals surface area contributed by atoms with Crippen molar-refractivity contribution in [3.63, 3.8) is 0 Å². The van der Waals surface area contributed by atoms with Gasteiger partial charge < -0.3 is 14.1 Å². The molecule has 1 amide bonds. The van der Waals surface area contributed by atoms with E-state index in [0.717, 1.165) is 5.56 Å². The van der Waals surface area contributed by atoms with Gasteiger partial charge in [0.05, 0.1) is 22.9 Å². The fourth-order valence-corrected chi connectivity index (χ4v) is 4.87.